The van der Waals surface area contributed by atoms with Crippen LogP contribution in [0, 0.1) is 0 Å². The summed E-state index contributed by atoms with van der Waals surface area (Å²) in [4.78, 5) is 10.6. The molecule has 0 aliphatic heterocycles. The lowest BCUT2D eigenvalue weighted by Crippen LogP contribution is -1.91. The molecule has 0 saturated carbocycles. The molecule has 6 heteroatoms. The maximum atomic E-state index is 10.6. The number of thioether (sulfide) groups is 1. The van der Waals surface area contributed by atoms with Crippen molar-refractivity contribution in [3.63, 3.8) is 0 Å². The molecular weight excluding hydrogens is 351 g/mol. The molecule has 2 nitrogen and oxygen atoms in total. The van der Waals surface area contributed by atoms with E-state index in [9.17, 15) is 4.79 Å². The number of halogens is 3. The van der Waals surface area contributed by atoms with Gasteiger partial charge < -0.3 is 4.74 Å². The van der Waals surface area contributed by atoms with Crippen molar-refractivity contribution in [2.45, 2.75) is 5.75 Å². The number of ether oxygens (including phenoxy) is 1. The number of carbonyl (C=O) groups excluding carboxylic acids is 1. The van der Waals surface area contributed by atoms with Gasteiger partial charge in [-0.05, 0) is 41.4 Å². The van der Waals surface area contributed by atoms with E-state index in [1.807, 2.05) is 24.3 Å². The molecule has 0 aromatic heterocycles. The molecule has 0 spiro atoms. The van der Waals surface area contributed by atoms with Gasteiger partial charge in [0.05, 0.1) is 15.8 Å². The Labute approximate surface area is 142 Å². The Morgan fingerprint density at radius 1 is 1.00 bits per heavy atom. The van der Waals surface area contributed by atoms with E-state index in [1.54, 1.807) is 18.2 Å². The van der Waals surface area contributed by atoms with Gasteiger partial charge in [-0.25, -0.2) is 0 Å². The summed E-state index contributed by atoms with van der Waals surface area (Å²) in [5.41, 5.74) is 1.10. The van der Waals surface area contributed by atoms with E-state index in [0.717, 1.165) is 11.3 Å². The quantitative estimate of drug-likeness (QED) is 0.610. The lowest BCUT2D eigenvalue weighted by atomic mass is 10.2. The van der Waals surface area contributed by atoms with E-state index >= 15 is 0 Å². The van der Waals surface area contributed by atoms with Crippen molar-refractivity contribution in [1.29, 1.82) is 0 Å². The standard InChI is InChI=1S/C15H11Cl3O2S/c16-13-6-5-12(7-14(13)17)20-11-3-1-10(2-4-11)8-21-9-15(18)19/h1-7H,8-9H2. The van der Waals surface area contributed by atoms with Crippen LogP contribution in [0.2, 0.25) is 10.0 Å². The molecule has 0 aliphatic carbocycles. The van der Waals surface area contributed by atoms with Crippen molar-refractivity contribution >= 4 is 51.8 Å². The molecule has 0 radical (unpaired) electrons. The van der Waals surface area contributed by atoms with Crippen LogP contribution < -0.4 is 4.74 Å². The first kappa shape index (κ1) is 16.5. The average Bonchev–Trinajstić information content (AvgIpc) is 2.44. The lowest BCUT2D eigenvalue weighted by molar-refractivity contribution is -0.109. The molecule has 0 saturated heterocycles. The summed E-state index contributed by atoms with van der Waals surface area (Å²) >= 11 is 18.5. The minimum Gasteiger partial charge on any atom is -0.457 e. The van der Waals surface area contributed by atoms with Gasteiger partial charge in [0.2, 0.25) is 5.24 Å². The van der Waals surface area contributed by atoms with Gasteiger partial charge >= 0.3 is 0 Å². The average molecular weight is 362 g/mol. The second kappa shape index (κ2) is 7.95. The number of benzene rings is 2. The Morgan fingerprint density at radius 2 is 1.67 bits per heavy atom. The minimum atomic E-state index is -0.334. The van der Waals surface area contributed by atoms with Crippen LogP contribution in [0.15, 0.2) is 42.5 Å². The van der Waals surface area contributed by atoms with Crippen LogP contribution in [0.5, 0.6) is 11.5 Å². The van der Waals surface area contributed by atoms with Crippen LogP contribution in [0.1, 0.15) is 5.56 Å². The third kappa shape index (κ3) is 5.44. The van der Waals surface area contributed by atoms with Crippen molar-refractivity contribution in [3.05, 3.63) is 58.1 Å². The number of hydrogen-bond donors (Lipinski definition) is 0. The largest absolute Gasteiger partial charge is 0.457 e. The normalized spacial score (nSPS) is 10.4. The fourth-order valence-corrected chi connectivity index (χ4v) is 2.79. The van der Waals surface area contributed by atoms with Crippen LogP contribution in [-0.2, 0) is 10.5 Å². The van der Waals surface area contributed by atoms with Crippen molar-refractivity contribution in [2.75, 3.05) is 5.75 Å². The number of hydrogen-bond acceptors (Lipinski definition) is 3. The fourth-order valence-electron chi connectivity index (χ4n) is 1.58. The first-order valence-corrected chi connectivity index (χ1v) is 8.31. The molecule has 0 bridgehead atoms. The molecule has 110 valence electrons. The van der Waals surface area contributed by atoms with Gasteiger partial charge in [0.15, 0.2) is 0 Å². The van der Waals surface area contributed by atoms with Crippen LogP contribution in [0.25, 0.3) is 0 Å². The molecule has 0 fully saturated rings. The van der Waals surface area contributed by atoms with E-state index in [2.05, 4.69) is 0 Å². The van der Waals surface area contributed by atoms with Gasteiger partial charge in [0.25, 0.3) is 0 Å². The molecule has 0 unspecified atom stereocenters. The van der Waals surface area contributed by atoms with Crippen LogP contribution in [0.4, 0.5) is 0 Å². The Balaban J connectivity index is 1.95. The molecule has 0 heterocycles. The summed E-state index contributed by atoms with van der Waals surface area (Å²) in [5, 5.41) is 0.609. The predicted molar refractivity (Wildman–Crippen MR) is 90.0 cm³/mol. The molecule has 0 aliphatic rings. The number of rotatable bonds is 6. The second-order valence-corrected chi connectivity index (χ2v) is 6.39. The molecule has 2 rings (SSSR count). The molecule has 2 aromatic rings. The van der Waals surface area contributed by atoms with Crippen LogP contribution in [0.3, 0.4) is 0 Å². The highest BCUT2D eigenvalue weighted by atomic mass is 35.5. The van der Waals surface area contributed by atoms with Gasteiger partial charge in [-0.3, -0.25) is 4.79 Å². The Hall–Kier alpha value is -0.870. The number of carbonyl (C=O) groups is 1. The molecule has 0 atom stereocenters. The summed E-state index contributed by atoms with van der Waals surface area (Å²) in [6.07, 6.45) is 0. The molecule has 0 amide bonds. The van der Waals surface area contributed by atoms with Crippen molar-refractivity contribution in [2.24, 2.45) is 0 Å². The molecule has 0 N–H and O–H groups in total. The first-order chi connectivity index (χ1) is 10.0. The third-order valence-corrected chi connectivity index (χ3v) is 4.57. The van der Waals surface area contributed by atoms with Crippen molar-refractivity contribution in [3.8, 4) is 11.5 Å². The predicted octanol–water partition coefficient (Wildman–Crippen LogP) is 5.78. The monoisotopic (exact) mass is 360 g/mol. The zero-order valence-corrected chi connectivity index (χ0v) is 13.9. The van der Waals surface area contributed by atoms with Gasteiger partial charge in [0.1, 0.15) is 11.5 Å². The maximum absolute atomic E-state index is 10.6. The van der Waals surface area contributed by atoms with Crippen LogP contribution in [-0.4, -0.2) is 11.0 Å². The van der Waals surface area contributed by atoms with Crippen molar-refractivity contribution in [1.82, 2.24) is 0 Å². The maximum Gasteiger partial charge on any atom is 0.231 e. The summed E-state index contributed by atoms with van der Waals surface area (Å²) in [6, 6.07) is 12.7. The topological polar surface area (TPSA) is 26.3 Å². The highest BCUT2D eigenvalue weighted by Gasteiger charge is 2.03. The highest BCUT2D eigenvalue weighted by Crippen LogP contribution is 2.29. The summed E-state index contributed by atoms with van der Waals surface area (Å²) in [5.74, 6) is 2.36. The Bertz CT molecular complexity index is 629. The first-order valence-electron chi connectivity index (χ1n) is 6.02. The molecular formula is C15H11Cl3O2S. The van der Waals surface area contributed by atoms with Gasteiger partial charge in [0, 0.05) is 11.8 Å². The van der Waals surface area contributed by atoms with Crippen molar-refractivity contribution < 1.29 is 9.53 Å². The smallest absolute Gasteiger partial charge is 0.231 e. The lowest BCUT2D eigenvalue weighted by Gasteiger charge is -2.07. The zero-order valence-electron chi connectivity index (χ0n) is 10.8. The van der Waals surface area contributed by atoms with E-state index in [0.29, 0.717) is 27.3 Å². The van der Waals surface area contributed by atoms with E-state index in [-0.39, 0.29) is 5.24 Å². The summed E-state index contributed by atoms with van der Waals surface area (Å²) in [6.45, 7) is 0. The Morgan fingerprint density at radius 3 is 2.29 bits per heavy atom. The molecule has 21 heavy (non-hydrogen) atoms. The second-order valence-electron chi connectivity index (χ2n) is 4.17. The SMILES string of the molecule is O=C(Cl)CSCc1ccc(Oc2ccc(Cl)c(Cl)c2)cc1. The Kier molecular flexibility index (Phi) is 6.24. The summed E-state index contributed by atoms with van der Waals surface area (Å²) in [7, 11) is 0. The molecule has 2 aromatic carbocycles. The third-order valence-electron chi connectivity index (χ3n) is 2.53. The minimum absolute atomic E-state index is 0.309. The summed E-state index contributed by atoms with van der Waals surface area (Å²) < 4.78 is 5.69. The zero-order chi connectivity index (χ0) is 15.2. The van der Waals surface area contributed by atoms with E-state index in [1.165, 1.54) is 11.8 Å². The van der Waals surface area contributed by atoms with E-state index < -0.39 is 0 Å². The van der Waals surface area contributed by atoms with Gasteiger partial charge in [-0.15, -0.1) is 11.8 Å². The van der Waals surface area contributed by atoms with Crippen LogP contribution >= 0.6 is 46.6 Å². The van der Waals surface area contributed by atoms with Gasteiger partial charge in [-0.2, -0.15) is 0 Å². The fraction of sp³-hybridized carbons (Fsp3) is 0.133. The highest BCUT2D eigenvalue weighted by molar-refractivity contribution is 7.99. The van der Waals surface area contributed by atoms with E-state index in [4.69, 9.17) is 39.5 Å². The van der Waals surface area contributed by atoms with Gasteiger partial charge in [-0.1, -0.05) is 35.3 Å².